The lowest BCUT2D eigenvalue weighted by atomic mass is 10.2. The van der Waals surface area contributed by atoms with Crippen molar-refractivity contribution in [2.24, 2.45) is 0 Å². The van der Waals surface area contributed by atoms with E-state index in [0.29, 0.717) is 6.41 Å². The van der Waals surface area contributed by atoms with Gasteiger partial charge < -0.3 is 10.0 Å². The Morgan fingerprint density at radius 1 is 1.62 bits per heavy atom. The molecule has 0 bridgehead atoms. The van der Waals surface area contributed by atoms with Crippen molar-refractivity contribution < 1.29 is 19.1 Å². The van der Waals surface area contributed by atoms with E-state index in [1.165, 1.54) is 19.1 Å². The first-order chi connectivity index (χ1) is 7.47. The lowest BCUT2D eigenvalue weighted by Gasteiger charge is -2.21. The standard InChI is InChI=1S/C10H9ClFNO3/c1-6(10(15)16)13(5-14)7-2-3-9(12)8(11)4-7/h2-6H,1H3,(H,15,16)/t6-/m1/s1. The summed E-state index contributed by atoms with van der Waals surface area (Å²) >= 11 is 5.53. The van der Waals surface area contributed by atoms with Gasteiger partial charge in [0.2, 0.25) is 6.41 Å². The Morgan fingerprint density at radius 2 is 2.25 bits per heavy atom. The highest BCUT2D eigenvalue weighted by molar-refractivity contribution is 6.31. The zero-order valence-electron chi connectivity index (χ0n) is 8.35. The third kappa shape index (κ3) is 2.49. The van der Waals surface area contributed by atoms with Gasteiger partial charge >= 0.3 is 5.97 Å². The molecule has 1 aromatic carbocycles. The van der Waals surface area contributed by atoms with E-state index in [1.807, 2.05) is 0 Å². The minimum absolute atomic E-state index is 0.165. The molecule has 0 heterocycles. The van der Waals surface area contributed by atoms with Gasteiger partial charge in [0.1, 0.15) is 11.9 Å². The second-order valence-corrected chi connectivity index (χ2v) is 3.53. The number of aliphatic carboxylic acids is 1. The fourth-order valence-corrected chi connectivity index (χ4v) is 1.32. The fraction of sp³-hybridized carbons (Fsp3) is 0.200. The molecule has 4 nitrogen and oxygen atoms in total. The number of rotatable bonds is 4. The second-order valence-electron chi connectivity index (χ2n) is 3.13. The van der Waals surface area contributed by atoms with E-state index in [1.54, 1.807) is 0 Å². The van der Waals surface area contributed by atoms with E-state index in [-0.39, 0.29) is 10.7 Å². The molecule has 0 unspecified atom stereocenters. The largest absolute Gasteiger partial charge is 0.480 e. The smallest absolute Gasteiger partial charge is 0.326 e. The molecule has 1 amide bonds. The van der Waals surface area contributed by atoms with Crippen LogP contribution in [-0.4, -0.2) is 23.5 Å². The lowest BCUT2D eigenvalue weighted by molar-refractivity contribution is -0.138. The third-order valence-electron chi connectivity index (χ3n) is 2.09. The molecular formula is C10H9ClFNO3. The Balaban J connectivity index is 3.09. The highest BCUT2D eigenvalue weighted by atomic mass is 35.5. The summed E-state index contributed by atoms with van der Waals surface area (Å²) in [5, 5.41) is 8.60. The number of carboxylic acid groups (broad SMARTS) is 1. The maximum Gasteiger partial charge on any atom is 0.326 e. The molecule has 0 aliphatic carbocycles. The van der Waals surface area contributed by atoms with Crippen molar-refractivity contribution in [3.05, 3.63) is 29.0 Å². The number of anilines is 1. The molecule has 0 aliphatic heterocycles. The average molecular weight is 246 g/mol. The number of halogens is 2. The highest BCUT2D eigenvalue weighted by Gasteiger charge is 2.21. The van der Waals surface area contributed by atoms with Crippen molar-refractivity contribution in [3.63, 3.8) is 0 Å². The summed E-state index contributed by atoms with van der Waals surface area (Å²) in [6.07, 6.45) is 0.363. The molecule has 0 spiro atoms. The van der Waals surface area contributed by atoms with Crippen LogP contribution in [0.15, 0.2) is 18.2 Å². The summed E-state index contributed by atoms with van der Waals surface area (Å²) in [5.74, 6) is -1.79. The van der Waals surface area contributed by atoms with Gasteiger partial charge in [0.15, 0.2) is 0 Å². The van der Waals surface area contributed by atoms with Crippen LogP contribution in [0.2, 0.25) is 5.02 Å². The SMILES string of the molecule is C[C@H](C(=O)O)N(C=O)c1ccc(F)c(Cl)c1. The Labute approximate surface area is 96.2 Å². The van der Waals surface area contributed by atoms with Crippen LogP contribution in [0.3, 0.4) is 0 Å². The van der Waals surface area contributed by atoms with Crippen LogP contribution in [0.1, 0.15) is 6.92 Å². The van der Waals surface area contributed by atoms with E-state index in [9.17, 15) is 14.0 Å². The van der Waals surface area contributed by atoms with Gasteiger partial charge in [-0.2, -0.15) is 0 Å². The molecule has 0 aliphatic rings. The minimum Gasteiger partial charge on any atom is -0.480 e. The van der Waals surface area contributed by atoms with Crippen molar-refractivity contribution in [1.82, 2.24) is 0 Å². The van der Waals surface area contributed by atoms with Crippen molar-refractivity contribution in [1.29, 1.82) is 0 Å². The summed E-state index contributed by atoms with van der Waals surface area (Å²) in [6, 6.07) is 2.52. The molecule has 1 aromatic rings. The van der Waals surface area contributed by atoms with Gasteiger partial charge in [-0.05, 0) is 25.1 Å². The van der Waals surface area contributed by atoms with E-state index in [0.717, 1.165) is 11.0 Å². The maximum atomic E-state index is 12.9. The van der Waals surface area contributed by atoms with Gasteiger partial charge in [0, 0.05) is 5.69 Å². The molecular weight excluding hydrogens is 237 g/mol. The number of benzene rings is 1. The van der Waals surface area contributed by atoms with Crippen LogP contribution in [0, 0.1) is 5.82 Å². The molecule has 0 aromatic heterocycles. The Bertz CT molecular complexity index is 425. The quantitative estimate of drug-likeness (QED) is 0.825. The number of amides is 1. The van der Waals surface area contributed by atoms with Gasteiger partial charge in [0.05, 0.1) is 5.02 Å². The van der Waals surface area contributed by atoms with Gasteiger partial charge in [-0.1, -0.05) is 11.6 Å². The van der Waals surface area contributed by atoms with Crippen molar-refractivity contribution in [2.45, 2.75) is 13.0 Å². The van der Waals surface area contributed by atoms with Crippen molar-refractivity contribution in [2.75, 3.05) is 4.90 Å². The number of carboxylic acids is 1. The summed E-state index contributed by atoms with van der Waals surface area (Å²) in [4.78, 5) is 22.4. The summed E-state index contributed by atoms with van der Waals surface area (Å²) < 4.78 is 12.9. The van der Waals surface area contributed by atoms with Crippen LogP contribution in [0.25, 0.3) is 0 Å². The Morgan fingerprint density at radius 3 is 2.69 bits per heavy atom. The number of carbonyl (C=O) groups excluding carboxylic acids is 1. The summed E-state index contributed by atoms with van der Waals surface area (Å²) in [6.45, 7) is 1.34. The first kappa shape index (κ1) is 12.4. The van der Waals surface area contributed by atoms with Crippen LogP contribution in [0.5, 0.6) is 0 Å². The third-order valence-corrected chi connectivity index (χ3v) is 2.38. The topological polar surface area (TPSA) is 57.6 Å². The predicted molar refractivity (Wildman–Crippen MR) is 57.1 cm³/mol. The van der Waals surface area contributed by atoms with E-state index < -0.39 is 17.8 Å². The molecule has 16 heavy (non-hydrogen) atoms. The monoisotopic (exact) mass is 245 g/mol. The second kappa shape index (κ2) is 4.94. The molecule has 0 saturated heterocycles. The van der Waals surface area contributed by atoms with Crippen LogP contribution in [-0.2, 0) is 9.59 Å². The van der Waals surface area contributed by atoms with Crippen molar-refractivity contribution in [3.8, 4) is 0 Å². The molecule has 1 rings (SSSR count). The normalized spacial score (nSPS) is 11.9. The summed E-state index contributed by atoms with van der Waals surface area (Å²) in [5.41, 5.74) is 0.233. The molecule has 0 saturated carbocycles. The molecule has 0 fully saturated rings. The number of nitrogens with zero attached hydrogens (tertiary/aromatic N) is 1. The van der Waals surface area contributed by atoms with Gasteiger partial charge in [-0.3, -0.25) is 4.79 Å². The van der Waals surface area contributed by atoms with Gasteiger partial charge in [0.25, 0.3) is 0 Å². The van der Waals surface area contributed by atoms with E-state index in [2.05, 4.69) is 0 Å². The summed E-state index contributed by atoms with van der Waals surface area (Å²) in [7, 11) is 0. The first-order valence-corrected chi connectivity index (χ1v) is 4.76. The molecule has 6 heteroatoms. The minimum atomic E-state index is -1.16. The van der Waals surface area contributed by atoms with Gasteiger partial charge in [-0.25, -0.2) is 9.18 Å². The maximum absolute atomic E-state index is 12.9. The number of carbonyl (C=O) groups is 2. The number of hydrogen-bond donors (Lipinski definition) is 1. The zero-order valence-corrected chi connectivity index (χ0v) is 9.11. The molecule has 86 valence electrons. The van der Waals surface area contributed by atoms with Crippen molar-refractivity contribution >= 4 is 29.7 Å². The number of hydrogen-bond acceptors (Lipinski definition) is 2. The van der Waals surface area contributed by atoms with Crippen LogP contribution >= 0.6 is 11.6 Å². The fourth-order valence-electron chi connectivity index (χ4n) is 1.14. The molecule has 1 atom stereocenters. The predicted octanol–water partition coefficient (Wildman–Crippen LogP) is 1.92. The van der Waals surface area contributed by atoms with E-state index >= 15 is 0 Å². The first-order valence-electron chi connectivity index (χ1n) is 4.39. The van der Waals surface area contributed by atoms with Crippen LogP contribution in [0.4, 0.5) is 10.1 Å². The Kier molecular flexibility index (Phi) is 3.84. The molecule has 0 radical (unpaired) electrons. The molecule has 1 N–H and O–H groups in total. The lowest BCUT2D eigenvalue weighted by Crippen LogP contribution is -2.38. The highest BCUT2D eigenvalue weighted by Crippen LogP contribution is 2.23. The van der Waals surface area contributed by atoms with E-state index in [4.69, 9.17) is 16.7 Å². The van der Waals surface area contributed by atoms with Crippen LogP contribution < -0.4 is 4.90 Å². The van der Waals surface area contributed by atoms with Gasteiger partial charge in [-0.15, -0.1) is 0 Å². The Hall–Kier alpha value is -1.62. The zero-order chi connectivity index (χ0) is 12.3. The average Bonchev–Trinajstić information content (AvgIpc) is 2.24.